The van der Waals surface area contributed by atoms with Crippen LogP contribution >= 0.6 is 11.6 Å². The van der Waals surface area contributed by atoms with Crippen molar-refractivity contribution in [2.24, 2.45) is 5.73 Å². The van der Waals surface area contributed by atoms with Gasteiger partial charge in [-0.15, -0.1) is 0 Å². The number of sulfonamides is 1. The van der Waals surface area contributed by atoms with Crippen molar-refractivity contribution in [3.8, 4) is 11.5 Å². The molecule has 0 aliphatic carbocycles. The molecule has 0 aromatic heterocycles. The van der Waals surface area contributed by atoms with Crippen molar-refractivity contribution >= 4 is 44.6 Å². The van der Waals surface area contributed by atoms with Crippen molar-refractivity contribution in [1.29, 1.82) is 0 Å². The Morgan fingerprint density at radius 1 is 1.23 bits per heavy atom. The number of unbranched alkanes of at least 4 members (excludes halogenated alkanes) is 1. The second-order valence-corrected chi connectivity index (χ2v) is 8.51. The largest absolute Gasteiger partial charge is 0.453 e. The van der Waals surface area contributed by atoms with E-state index in [1.54, 1.807) is 18.2 Å². The highest BCUT2D eigenvalue weighted by molar-refractivity contribution is 7.92. The van der Waals surface area contributed by atoms with Gasteiger partial charge < -0.3 is 15.8 Å². The van der Waals surface area contributed by atoms with Gasteiger partial charge in [-0.2, -0.15) is 0 Å². The van der Waals surface area contributed by atoms with E-state index in [0.29, 0.717) is 0 Å². The third-order valence-electron chi connectivity index (χ3n) is 3.51. The number of nitro benzene ring substituents is 1. The standard InChI is InChI=1S/C15H14ClN3O6S.C4H11N/c1-9(20)17-11-7-12(18-26(2,23)24)15(8-13(11)19(21)22)25-14-6-4-3-5-10(14)16;1-2-3-4-5/h3-8,18H,1-2H3,(H,17,20);2-5H2,1H3. The number of carbonyl (C=O) groups excluding carboxylic acids is 1. The van der Waals surface area contributed by atoms with Crippen LogP contribution in [-0.4, -0.2) is 32.0 Å². The number of nitrogens with zero attached hydrogens (tertiary/aromatic N) is 1. The second kappa shape index (κ2) is 12.1. The van der Waals surface area contributed by atoms with Crippen molar-refractivity contribution in [2.75, 3.05) is 22.8 Å². The Balaban J connectivity index is 0.000000861. The molecule has 0 fully saturated rings. The average molecular weight is 473 g/mol. The Hall–Kier alpha value is -2.89. The topological polar surface area (TPSA) is 154 Å². The molecule has 0 saturated carbocycles. The van der Waals surface area contributed by atoms with Crippen LogP contribution in [0.4, 0.5) is 17.1 Å². The Morgan fingerprint density at radius 3 is 2.32 bits per heavy atom. The maximum atomic E-state index is 11.6. The number of nitro groups is 1. The maximum absolute atomic E-state index is 11.6. The summed E-state index contributed by atoms with van der Waals surface area (Å²) in [6.07, 6.45) is 3.29. The molecular weight excluding hydrogens is 448 g/mol. The Kier molecular flexibility index (Phi) is 10.2. The summed E-state index contributed by atoms with van der Waals surface area (Å²) in [6, 6.07) is 8.45. The van der Waals surface area contributed by atoms with Crippen LogP contribution in [0.5, 0.6) is 11.5 Å². The number of hydrogen-bond acceptors (Lipinski definition) is 7. The van der Waals surface area contributed by atoms with E-state index in [4.69, 9.17) is 22.1 Å². The second-order valence-electron chi connectivity index (χ2n) is 6.35. The summed E-state index contributed by atoms with van der Waals surface area (Å²) in [5.41, 5.74) is 4.39. The Labute approximate surface area is 185 Å². The quantitative estimate of drug-likeness (QED) is 0.385. The van der Waals surface area contributed by atoms with Crippen molar-refractivity contribution in [3.05, 3.63) is 51.5 Å². The minimum atomic E-state index is -3.73. The third kappa shape index (κ3) is 9.20. The third-order valence-corrected chi connectivity index (χ3v) is 4.42. The minimum Gasteiger partial charge on any atom is -0.453 e. The molecule has 4 N–H and O–H groups in total. The summed E-state index contributed by atoms with van der Waals surface area (Å²) in [4.78, 5) is 21.9. The van der Waals surface area contributed by atoms with E-state index in [1.807, 2.05) is 0 Å². The minimum absolute atomic E-state index is 0.0956. The molecule has 0 unspecified atom stereocenters. The molecule has 0 spiro atoms. The number of rotatable bonds is 8. The zero-order valence-electron chi connectivity index (χ0n) is 17.3. The number of ether oxygens (including phenoxy) is 1. The van der Waals surface area contributed by atoms with E-state index in [1.165, 1.54) is 25.8 Å². The fourth-order valence-corrected chi connectivity index (χ4v) is 2.96. The number of amides is 1. The number of halogens is 1. The van der Waals surface area contributed by atoms with Crippen LogP contribution < -0.4 is 20.5 Å². The molecule has 31 heavy (non-hydrogen) atoms. The van der Waals surface area contributed by atoms with E-state index < -0.39 is 26.5 Å². The molecule has 2 aromatic carbocycles. The molecule has 0 heterocycles. The summed E-state index contributed by atoms with van der Waals surface area (Å²) >= 11 is 6.01. The summed E-state index contributed by atoms with van der Waals surface area (Å²) in [5.74, 6) is -0.533. The number of hydrogen-bond donors (Lipinski definition) is 3. The average Bonchev–Trinajstić information content (AvgIpc) is 2.64. The molecule has 2 rings (SSSR count). The maximum Gasteiger partial charge on any atom is 0.296 e. The SMILES string of the molecule is CC(=O)Nc1cc(NS(C)(=O)=O)c(Oc2ccccc2Cl)cc1[N+](=O)[O-].CCCCN. The van der Waals surface area contributed by atoms with Gasteiger partial charge >= 0.3 is 0 Å². The summed E-state index contributed by atoms with van der Waals surface area (Å²) in [7, 11) is -3.73. The van der Waals surface area contributed by atoms with E-state index in [-0.39, 0.29) is 27.9 Å². The van der Waals surface area contributed by atoms with Gasteiger partial charge in [0.25, 0.3) is 5.69 Å². The van der Waals surface area contributed by atoms with Crippen LogP contribution in [-0.2, 0) is 14.8 Å². The molecule has 170 valence electrons. The fourth-order valence-electron chi connectivity index (χ4n) is 2.22. The molecular formula is C19H25ClN4O6S. The number of nitrogens with one attached hydrogen (secondary N) is 2. The molecule has 2 aromatic rings. The van der Waals surface area contributed by atoms with Crippen molar-refractivity contribution < 1.29 is 22.9 Å². The Morgan fingerprint density at radius 2 is 1.87 bits per heavy atom. The summed E-state index contributed by atoms with van der Waals surface area (Å²) < 4.78 is 31.0. The van der Waals surface area contributed by atoms with Gasteiger partial charge in [-0.3, -0.25) is 19.6 Å². The summed E-state index contributed by atoms with van der Waals surface area (Å²) in [5, 5.41) is 13.8. The van der Waals surface area contributed by atoms with Gasteiger partial charge in [0, 0.05) is 6.92 Å². The zero-order chi connectivity index (χ0) is 23.6. The van der Waals surface area contributed by atoms with Crippen molar-refractivity contribution in [3.63, 3.8) is 0 Å². The van der Waals surface area contributed by atoms with Gasteiger partial charge in [0.15, 0.2) is 5.75 Å². The van der Waals surface area contributed by atoms with Gasteiger partial charge in [0.05, 0.1) is 28.0 Å². The van der Waals surface area contributed by atoms with Crippen LogP contribution in [0.25, 0.3) is 0 Å². The molecule has 1 amide bonds. The molecule has 0 aliphatic heterocycles. The number of anilines is 2. The van der Waals surface area contributed by atoms with E-state index in [0.717, 1.165) is 24.9 Å². The van der Waals surface area contributed by atoms with Crippen LogP contribution in [0.3, 0.4) is 0 Å². The number of benzene rings is 2. The van der Waals surface area contributed by atoms with Crippen LogP contribution in [0, 0.1) is 10.1 Å². The van der Waals surface area contributed by atoms with Gasteiger partial charge in [-0.05, 0) is 31.2 Å². The van der Waals surface area contributed by atoms with E-state index >= 15 is 0 Å². The molecule has 12 heteroatoms. The van der Waals surface area contributed by atoms with Gasteiger partial charge in [-0.25, -0.2) is 8.42 Å². The molecule has 0 saturated heterocycles. The monoisotopic (exact) mass is 472 g/mol. The normalized spacial score (nSPS) is 10.5. The number of para-hydroxylation sites is 1. The lowest BCUT2D eigenvalue weighted by molar-refractivity contribution is -0.384. The number of carbonyl (C=O) groups is 1. The molecule has 0 atom stereocenters. The fraction of sp³-hybridized carbons (Fsp3) is 0.316. The van der Waals surface area contributed by atoms with Crippen LogP contribution in [0.15, 0.2) is 36.4 Å². The lowest BCUT2D eigenvalue weighted by Gasteiger charge is -2.15. The Bertz CT molecular complexity index is 1030. The van der Waals surface area contributed by atoms with Crippen LogP contribution in [0.2, 0.25) is 5.02 Å². The number of nitrogens with two attached hydrogens (primary N) is 1. The zero-order valence-corrected chi connectivity index (χ0v) is 18.9. The first-order chi connectivity index (χ1) is 14.5. The predicted octanol–water partition coefficient (Wildman–Crippen LogP) is 4.12. The highest BCUT2D eigenvalue weighted by atomic mass is 35.5. The molecule has 0 radical (unpaired) electrons. The smallest absolute Gasteiger partial charge is 0.296 e. The summed E-state index contributed by atoms with van der Waals surface area (Å²) in [6.45, 7) is 4.14. The van der Waals surface area contributed by atoms with E-state index in [9.17, 15) is 23.3 Å². The molecule has 0 aliphatic rings. The van der Waals surface area contributed by atoms with Gasteiger partial charge in [-0.1, -0.05) is 37.1 Å². The van der Waals surface area contributed by atoms with E-state index in [2.05, 4.69) is 17.0 Å². The first kappa shape index (κ1) is 26.1. The molecule has 0 bridgehead atoms. The highest BCUT2D eigenvalue weighted by Crippen LogP contribution is 2.40. The van der Waals surface area contributed by atoms with Crippen molar-refractivity contribution in [2.45, 2.75) is 26.7 Å². The van der Waals surface area contributed by atoms with Gasteiger partial charge in [0.1, 0.15) is 11.4 Å². The lowest BCUT2D eigenvalue weighted by atomic mass is 10.2. The first-order valence-corrected chi connectivity index (χ1v) is 11.5. The van der Waals surface area contributed by atoms with Crippen molar-refractivity contribution in [1.82, 2.24) is 0 Å². The first-order valence-electron chi connectivity index (χ1n) is 9.18. The molecule has 10 nitrogen and oxygen atoms in total. The lowest BCUT2D eigenvalue weighted by Crippen LogP contribution is -2.13. The van der Waals surface area contributed by atoms with Crippen LogP contribution in [0.1, 0.15) is 26.7 Å². The predicted molar refractivity (Wildman–Crippen MR) is 121 cm³/mol. The highest BCUT2D eigenvalue weighted by Gasteiger charge is 2.22. The van der Waals surface area contributed by atoms with Gasteiger partial charge in [0.2, 0.25) is 15.9 Å².